The second-order valence-corrected chi connectivity index (χ2v) is 6.35. The molecule has 2 aromatic rings. The number of benzene rings is 1. The molecule has 1 aromatic heterocycles. The van der Waals surface area contributed by atoms with E-state index in [1.165, 1.54) is 11.7 Å². The molecule has 1 fully saturated rings. The highest BCUT2D eigenvalue weighted by Crippen LogP contribution is 2.19. The first-order valence-electron chi connectivity index (χ1n) is 7.61. The largest absolute Gasteiger partial charge is 0.484 e. The van der Waals surface area contributed by atoms with Crippen LogP contribution in [0.1, 0.15) is 6.92 Å². The Morgan fingerprint density at radius 2 is 2.00 bits per heavy atom. The summed E-state index contributed by atoms with van der Waals surface area (Å²) in [5.74, 6) is 0.677. The minimum absolute atomic E-state index is 0.0245. The van der Waals surface area contributed by atoms with E-state index in [0.717, 1.165) is 49.3 Å². The molecular formula is C16H20N4O2S. The van der Waals surface area contributed by atoms with Crippen LogP contribution in [0.4, 0.5) is 0 Å². The number of piperazine rings is 1. The summed E-state index contributed by atoms with van der Waals surface area (Å²) in [6, 6.07) is 5.49. The van der Waals surface area contributed by atoms with Gasteiger partial charge in [-0.3, -0.25) is 9.69 Å². The van der Waals surface area contributed by atoms with Gasteiger partial charge < -0.3 is 9.64 Å². The van der Waals surface area contributed by atoms with Gasteiger partial charge in [0, 0.05) is 38.8 Å². The first kappa shape index (κ1) is 15.9. The Bertz CT molecular complexity index is 707. The molecular weight excluding hydrogens is 312 g/mol. The van der Waals surface area contributed by atoms with Crippen LogP contribution in [0.5, 0.6) is 5.75 Å². The van der Waals surface area contributed by atoms with Crippen molar-refractivity contribution in [2.24, 2.45) is 0 Å². The fourth-order valence-electron chi connectivity index (χ4n) is 2.63. The van der Waals surface area contributed by atoms with E-state index in [1.807, 2.05) is 30.0 Å². The number of aromatic nitrogens is 2. The third-order valence-electron chi connectivity index (χ3n) is 3.81. The monoisotopic (exact) mass is 332 g/mol. The molecule has 0 atom stereocenters. The van der Waals surface area contributed by atoms with Crippen LogP contribution in [0.25, 0.3) is 11.0 Å². The van der Waals surface area contributed by atoms with E-state index in [2.05, 4.69) is 20.2 Å². The van der Waals surface area contributed by atoms with Gasteiger partial charge in [0.2, 0.25) is 0 Å². The average Bonchev–Trinajstić information content (AvgIpc) is 3.00. The number of hydrogen-bond acceptors (Lipinski definition) is 6. The lowest BCUT2D eigenvalue weighted by atomic mass is 10.2. The summed E-state index contributed by atoms with van der Waals surface area (Å²) in [5.41, 5.74) is 2.80. The first-order valence-corrected chi connectivity index (χ1v) is 8.34. The number of carbonyl (C=O) groups is 1. The van der Waals surface area contributed by atoms with Gasteiger partial charge in [0.1, 0.15) is 16.8 Å². The third-order valence-corrected chi connectivity index (χ3v) is 4.36. The number of hydrogen-bond donors (Lipinski definition) is 0. The Labute approximate surface area is 139 Å². The summed E-state index contributed by atoms with van der Waals surface area (Å²) >= 11 is 1.17. The minimum atomic E-state index is 0.0245. The fraction of sp³-hybridized carbons (Fsp3) is 0.438. The topological polar surface area (TPSA) is 58.6 Å². The highest BCUT2D eigenvalue weighted by molar-refractivity contribution is 7.00. The molecule has 0 N–H and O–H groups in total. The van der Waals surface area contributed by atoms with E-state index in [0.29, 0.717) is 5.75 Å². The van der Waals surface area contributed by atoms with E-state index < -0.39 is 0 Å². The van der Waals surface area contributed by atoms with E-state index in [9.17, 15) is 4.79 Å². The summed E-state index contributed by atoms with van der Waals surface area (Å²) in [4.78, 5) is 16.4. The maximum Gasteiger partial charge on any atom is 0.260 e. The number of carbonyl (C=O) groups excluding carboxylic acids is 1. The lowest BCUT2D eigenvalue weighted by Gasteiger charge is -2.34. The molecule has 0 saturated carbocycles. The van der Waals surface area contributed by atoms with Crippen molar-refractivity contribution in [3.8, 4) is 5.75 Å². The number of rotatable bonds is 5. The SMILES string of the molecule is C=C(C)CN1CCN(C(=O)COc2ccc3nsnc3c2)CC1. The van der Waals surface area contributed by atoms with Crippen LogP contribution in [0.15, 0.2) is 30.4 Å². The van der Waals surface area contributed by atoms with Crippen LogP contribution >= 0.6 is 11.7 Å². The van der Waals surface area contributed by atoms with Crippen molar-refractivity contribution in [1.29, 1.82) is 0 Å². The number of ether oxygens (including phenoxy) is 1. The van der Waals surface area contributed by atoms with Crippen LogP contribution in [-0.2, 0) is 4.79 Å². The van der Waals surface area contributed by atoms with Crippen molar-refractivity contribution in [3.63, 3.8) is 0 Å². The maximum absolute atomic E-state index is 12.3. The van der Waals surface area contributed by atoms with Gasteiger partial charge in [-0.15, -0.1) is 0 Å². The summed E-state index contributed by atoms with van der Waals surface area (Å²) in [5, 5.41) is 0. The van der Waals surface area contributed by atoms with Gasteiger partial charge in [-0.2, -0.15) is 8.75 Å². The smallest absolute Gasteiger partial charge is 0.260 e. The molecule has 2 heterocycles. The molecule has 0 spiro atoms. The van der Waals surface area contributed by atoms with Gasteiger partial charge in [-0.05, 0) is 19.1 Å². The molecule has 1 amide bonds. The van der Waals surface area contributed by atoms with Gasteiger partial charge in [0.05, 0.1) is 11.7 Å². The Morgan fingerprint density at radius 1 is 1.26 bits per heavy atom. The van der Waals surface area contributed by atoms with E-state index in [4.69, 9.17) is 4.74 Å². The zero-order valence-corrected chi connectivity index (χ0v) is 14.0. The van der Waals surface area contributed by atoms with Crippen LogP contribution in [-0.4, -0.2) is 63.8 Å². The van der Waals surface area contributed by atoms with Crippen molar-refractivity contribution < 1.29 is 9.53 Å². The van der Waals surface area contributed by atoms with E-state index >= 15 is 0 Å². The lowest BCUT2D eigenvalue weighted by Crippen LogP contribution is -2.50. The van der Waals surface area contributed by atoms with Gasteiger partial charge in [-0.25, -0.2) is 0 Å². The predicted molar refractivity (Wildman–Crippen MR) is 90.7 cm³/mol. The van der Waals surface area contributed by atoms with Crippen LogP contribution in [0, 0.1) is 0 Å². The molecule has 6 nitrogen and oxygen atoms in total. The highest BCUT2D eigenvalue weighted by Gasteiger charge is 2.21. The van der Waals surface area contributed by atoms with Crippen molar-refractivity contribution in [2.75, 3.05) is 39.3 Å². The standard InChI is InChI=1S/C16H20N4O2S/c1-12(2)10-19-5-7-20(8-6-19)16(21)11-22-13-3-4-14-15(9-13)18-23-17-14/h3-4,9H,1,5-8,10-11H2,2H3. The molecule has 122 valence electrons. The van der Waals surface area contributed by atoms with Gasteiger partial charge >= 0.3 is 0 Å². The van der Waals surface area contributed by atoms with Crippen LogP contribution < -0.4 is 4.74 Å². The third kappa shape index (κ3) is 4.05. The molecule has 0 radical (unpaired) electrons. The highest BCUT2D eigenvalue weighted by atomic mass is 32.1. The predicted octanol–water partition coefficient (Wildman–Crippen LogP) is 1.79. The summed E-state index contributed by atoms with van der Waals surface area (Å²) in [6.07, 6.45) is 0. The quantitative estimate of drug-likeness (QED) is 0.781. The summed E-state index contributed by atoms with van der Waals surface area (Å²) in [7, 11) is 0. The Kier molecular flexibility index (Phi) is 4.88. The number of amides is 1. The molecule has 1 saturated heterocycles. The van der Waals surface area contributed by atoms with Crippen LogP contribution in [0.2, 0.25) is 0 Å². The van der Waals surface area contributed by atoms with Gasteiger partial charge in [0.15, 0.2) is 6.61 Å². The maximum atomic E-state index is 12.3. The molecule has 7 heteroatoms. The van der Waals surface area contributed by atoms with Crippen molar-refractivity contribution in [3.05, 3.63) is 30.4 Å². The van der Waals surface area contributed by atoms with Gasteiger partial charge in [-0.1, -0.05) is 12.2 Å². The van der Waals surface area contributed by atoms with Gasteiger partial charge in [0.25, 0.3) is 5.91 Å². The number of nitrogens with zero attached hydrogens (tertiary/aromatic N) is 4. The first-order chi connectivity index (χ1) is 11.1. The minimum Gasteiger partial charge on any atom is -0.484 e. The average molecular weight is 332 g/mol. The molecule has 3 rings (SSSR count). The molecule has 1 aliphatic rings. The normalized spacial score (nSPS) is 15.8. The molecule has 1 aromatic carbocycles. The van der Waals surface area contributed by atoms with Crippen molar-refractivity contribution in [2.45, 2.75) is 6.92 Å². The molecule has 0 bridgehead atoms. The molecule has 0 aliphatic carbocycles. The summed E-state index contributed by atoms with van der Waals surface area (Å²) in [6.45, 7) is 10.2. The fourth-order valence-corrected chi connectivity index (χ4v) is 3.14. The molecule has 0 unspecified atom stereocenters. The van der Waals surface area contributed by atoms with Crippen molar-refractivity contribution >= 4 is 28.7 Å². The second-order valence-electron chi connectivity index (χ2n) is 5.82. The Hall–Kier alpha value is -1.99. The molecule has 1 aliphatic heterocycles. The number of fused-ring (bicyclic) bond motifs is 1. The second kappa shape index (κ2) is 7.06. The Balaban J connectivity index is 1.49. The molecule has 23 heavy (non-hydrogen) atoms. The van der Waals surface area contributed by atoms with E-state index in [1.54, 1.807) is 0 Å². The zero-order chi connectivity index (χ0) is 16.2. The lowest BCUT2D eigenvalue weighted by molar-refractivity contribution is -0.135. The van der Waals surface area contributed by atoms with Crippen LogP contribution in [0.3, 0.4) is 0 Å². The van der Waals surface area contributed by atoms with Crippen molar-refractivity contribution in [1.82, 2.24) is 18.5 Å². The van der Waals surface area contributed by atoms with E-state index in [-0.39, 0.29) is 12.5 Å². The Morgan fingerprint density at radius 3 is 2.74 bits per heavy atom. The summed E-state index contributed by atoms with van der Waals surface area (Å²) < 4.78 is 13.9. The zero-order valence-electron chi connectivity index (χ0n) is 13.2.